The third-order valence-electron chi connectivity index (χ3n) is 6.43. The molecule has 3 heterocycles. The van der Waals surface area contributed by atoms with Crippen LogP contribution in [0.3, 0.4) is 0 Å². The first-order valence-corrected chi connectivity index (χ1v) is 12.0. The van der Waals surface area contributed by atoms with E-state index in [-0.39, 0.29) is 0 Å². The summed E-state index contributed by atoms with van der Waals surface area (Å²) in [4.78, 5) is 14.0. The molecule has 1 atom stereocenters. The monoisotopic (exact) mass is 419 g/mol. The number of fused-ring (bicyclic) bond motifs is 2. The van der Waals surface area contributed by atoms with Gasteiger partial charge < -0.3 is 9.88 Å². The van der Waals surface area contributed by atoms with Crippen LogP contribution in [0.15, 0.2) is 36.8 Å². The molecule has 1 aliphatic rings. The number of anilines is 1. The van der Waals surface area contributed by atoms with Gasteiger partial charge >= 0.3 is 0 Å². The van der Waals surface area contributed by atoms with Crippen molar-refractivity contribution in [3.63, 3.8) is 0 Å². The van der Waals surface area contributed by atoms with Crippen molar-refractivity contribution in [3.05, 3.63) is 47.9 Å². The van der Waals surface area contributed by atoms with Crippen molar-refractivity contribution in [2.45, 2.75) is 65.0 Å². The summed E-state index contributed by atoms with van der Waals surface area (Å²) in [7, 11) is 0. The van der Waals surface area contributed by atoms with Crippen molar-refractivity contribution in [2.24, 2.45) is 5.92 Å². The normalized spacial score (nSPS) is 16.3. The minimum Gasteiger partial charge on any atom is -0.359 e. The van der Waals surface area contributed by atoms with Gasteiger partial charge in [-0.2, -0.15) is 0 Å². The largest absolute Gasteiger partial charge is 0.359 e. The first-order chi connectivity index (χ1) is 14.7. The Balaban J connectivity index is 1.34. The first-order valence-electron chi connectivity index (χ1n) is 11.2. The second-order valence-corrected chi connectivity index (χ2v) is 9.60. The Hall–Kier alpha value is -2.47. The van der Waals surface area contributed by atoms with Crippen molar-refractivity contribution >= 4 is 37.8 Å². The van der Waals surface area contributed by atoms with Gasteiger partial charge in [0.25, 0.3) is 0 Å². The smallest absolute Gasteiger partial charge is 0.184 e. The van der Waals surface area contributed by atoms with E-state index < -0.39 is 0 Å². The number of hydrogen-bond acceptors (Lipinski definition) is 5. The van der Waals surface area contributed by atoms with Gasteiger partial charge in [-0.15, -0.1) is 0 Å². The van der Waals surface area contributed by atoms with Crippen LogP contribution >= 0.6 is 11.3 Å². The number of aryl methyl sites for hydroxylation is 1. The second-order valence-electron chi connectivity index (χ2n) is 8.56. The first kappa shape index (κ1) is 19.5. The van der Waals surface area contributed by atoms with Crippen LogP contribution in [0.5, 0.6) is 0 Å². The van der Waals surface area contributed by atoms with E-state index in [9.17, 15) is 0 Å². The maximum Gasteiger partial charge on any atom is 0.184 e. The Morgan fingerprint density at radius 1 is 1.10 bits per heavy atom. The standard InChI is InChI=1S/C24H29N5S/c1-3-17-11-21-23(25-13-17)29(15-26-21)14-18-9-10-20-22(12-18)30-24(28-20)27-16(2)19-7-5-4-6-8-19/h9-13,15-16,19H,3-8,14H2,1-2H3,(H,27,28)/t16-/m1/s1. The van der Waals surface area contributed by atoms with Gasteiger partial charge in [-0.3, -0.25) is 0 Å². The SMILES string of the molecule is CCc1cnc2c(c1)ncn2Cc1ccc2nc(N[C@H](C)C3CCCCC3)sc2c1. The predicted octanol–water partition coefficient (Wildman–Crippen LogP) is 6.03. The number of pyridine rings is 1. The van der Waals surface area contributed by atoms with Gasteiger partial charge in [-0.05, 0) is 61.4 Å². The molecule has 1 fully saturated rings. The third kappa shape index (κ3) is 3.93. The van der Waals surface area contributed by atoms with Crippen molar-refractivity contribution in [1.82, 2.24) is 19.5 Å². The van der Waals surface area contributed by atoms with Gasteiger partial charge in [0.05, 0.1) is 23.1 Å². The molecule has 0 radical (unpaired) electrons. The van der Waals surface area contributed by atoms with Gasteiger partial charge in [0.2, 0.25) is 0 Å². The van der Waals surface area contributed by atoms with E-state index in [2.05, 4.69) is 58.0 Å². The molecule has 0 unspecified atom stereocenters. The molecule has 0 amide bonds. The molecular weight excluding hydrogens is 390 g/mol. The molecule has 6 heteroatoms. The fourth-order valence-corrected chi connectivity index (χ4v) is 5.60. The highest BCUT2D eigenvalue weighted by atomic mass is 32.1. The molecular formula is C24H29N5S. The summed E-state index contributed by atoms with van der Waals surface area (Å²) in [5.74, 6) is 0.775. The molecule has 0 bridgehead atoms. The third-order valence-corrected chi connectivity index (χ3v) is 7.38. The van der Waals surface area contributed by atoms with E-state index in [4.69, 9.17) is 4.98 Å². The lowest BCUT2D eigenvalue weighted by molar-refractivity contribution is 0.328. The zero-order chi connectivity index (χ0) is 20.5. The number of nitrogens with one attached hydrogen (secondary N) is 1. The van der Waals surface area contributed by atoms with Crippen molar-refractivity contribution < 1.29 is 0 Å². The van der Waals surface area contributed by atoms with Crippen molar-refractivity contribution in [3.8, 4) is 0 Å². The molecule has 30 heavy (non-hydrogen) atoms. The molecule has 0 aliphatic heterocycles. The lowest BCUT2D eigenvalue weighted by Crippen LogP contribution is -2.27. The molecule has 1 N–H and O–H groups in total. The molecule has 1 saturated carbocycles. The lowest BCUT2D eigenvalue weighted by Gasteiger charge is -2.28. The highest BCUT2D eigenvalue weighted by Gasteiger charge is 2.20. The van der Waals surface area contributed by atoms with Crippen molar-refractivity contribution in [2.75, 3.05) is 5.32 Å². The highest BCUT2D eigenvalue weighted by Crippen LogP contribution is 2.31. The predicted molar refractivity (Wildman–Crippen MR) is 125 cm³/mol. The molecule has 4 aromatic rings. The van der Waals surface area contributed by atoms with Crippen LogP contribution in [-0.2, 0) is 13.0 Å². The Kier molecular flexibility index (Phi) is 5.42. The fraction of sp³-hybridized carbons (Fsp3) is 0.458. The lowest BCUT2D eigenvalue weighted by atomic mass is 9.85. The molecule has 3 aromatic heterocycles. The van der Waals surface area contributed by atoms with Gasteiger partial charge in [-0.1, -0.05) is 43.6 Å². The average molecular weight is 420 g/mol. The Labute approximate surface area is 181 Å². The van der Waals surface area contributed by atoms with E-state index >= 15 is 0 Å². The summed E-state index contributed by atoms with van der Waals surface area (Å²) in [6, 6.07) is 9.19. The maximum absolute atomic E-state index is 4.83. The quantitative estimate of drug-likeness (QED) is 0.414. The highest BCUT2D eigenvalue weighted by molar-refractivity contribution is 7.22. The second kappa shape index (κ2) is 8.34. The number of rotatable bonds is 6. The van der Waals surface area contributed by atoms with Crippen LogP contribution in [0.2, 0.25) is 0 Å². The van der Waals surface area contributed by atoms with Crippen LogP contribution in [0, 0.1) is 5.92 Å². The number of hydrogen-bond donors (Lipinski definition) is 1. The Morgan fingerprint density at radius 2 is 1.97 bits per heavy atom. The van der Waals surface area contributed by atoms with Crippen LogP contribution in [0.1, 0.15) is 57.1 Å². The molecule has 0 spiro atoms. The summed E-state index contributed by atoms with van der Waals surface area (Å²) in [5.41, 5.74) is 5.46. The maximum atomic E-state index is 4.83. The summed E-state index contributed by atoms with van der Waals surface area (Å²) >= 11 is 1.76. The topological polar surface area (TPSA) is 55.6 Å². The van der Waals surface area contributed by atoms with E-state index in [0.29, 0.717) is 6.04 Å². The molecule has 5 nitrogen and oxygen atoms in total. The molecule has 5 rings (SSSR count). The molecule has 1 aromatic carbocycles. The summed E-state index contributed by atoms with van der Waals surface area (Å²) < 4.78 is 3.36. The minimum absolute atomic E-state index is 0.488. The van der Waals surface area contributed by atoms with Crippen LogP contribution in [-0.4, -0.2) is 25.6 Å². The van der Waals surface area contributed by atoms with E-state index in [1.165, 1.54) is 47.9 Å². The van der Waals surface area contributed by atoms with Crippen LogP contribution in [0.4, 0.5) is 5.13 Å². The number of benzene rings is 1. The molecule has 1 aliphatic carbocycles. The zero-order valence-corrected chi connectivity index (χ0v) is 18.6. The van der Waals surface area contributed by atoms with E-state index in [1.54, 1.807) is 11.3 Å². The van der Waals surface area contributed by atoms with Gasteiger partial charge in [0.1, 0.15) is 5.52 Å². The Morgan fingerprint density at radius 3 is 2.80 bits per heavy atom. The summed E-state index contributed by atoms with van der Waals surface area (Å²) in [6.45, 7) is 5.22. The Bertz CT molecular complexity index is 1160. The molecule has 0 saturated heterocycles. The average Bonchev–Trinajstić information content (AvgIpc) is 3.37. The summed E-state index contributed by atoms with van der Waals surface area (Å²) in [5, 5.41) is 4.73. The van der Waals surface area contributed by atoms with Crippen LogP contribution < -0.4 is 5.32 Å². The van der Waals surface area contributed by atoms with Gasteiger partial charge in [-0.25, -0.2) is 15.0 Å². The van der Waals surface area contributed by atoms with Crippen molar-refractivity contribution in [1.29, 1.82) is 0 Å². The number of imidazole rings is 1. The van der Waals surface area contributed by atoms with Gasteiger partial charge in [0.15, 0.2) is 10.8 Å². The molecule has 156 valence electrons. The van der Waals surface area contributed by atoms with E-state index in [0.717, 1.165) is 40.7 Å². The van der Waals surface area contributed by atoms with Crippen LogP contribution in [0.25, 0.3) is 21.4 Å². The number of nitrogens with zero attached hydrogens (tertiary/aromatic N) is 4. The minimum atomic E-state index is 0.488. The fourth-order valence-electron chi connectivity index (χ4n) is 4.57. The zero-order valence-electron chi connectivity index (χ0n) is 17.8. The van der Waals surface area contributed by atoms with Gasteiger partial charge in [0, 0.05) is 12.2 Å². The van der Waals surface area contributed by atoms with E-state index in [1.807, 2.05) is 12.5 Å². The number of thiazole rings is 1. The summed E-state index contributed by atoms with van der Waals surface area (Å²) in [6.07, 6.45) is 11.7. The number of aromatic nitrogens is 4.